The molecule has 0 saturated carbocycles. The molecule has 0 atom stereocenters. The molecule has 1 N–H and O–H groups in total. The van der Waals surface area contributed by atoms with E-state index >= 15 is 0 Å². The van der Waals surface area contributed by atoms with Gasteiger partial charge >= 0.3 is 11.0 Å². The van der Waals surface area contributed by atoms with E-state index in [1.807, 2.05) is 5.32 Å². The number of thiazole rings is 1. The number of Topliss-reactive ketones (excluding diaryl/α,β-unsaturated/α-hetero) is 1. The van der Waals surface area contributed by atoms with Gasteiger partial charge in [0.05, 0.1) is 22.3 Å². The van der Waals surface area contributed by atoms with Crippen LogP contribution in [0.2, 0.25) is 0 Å². The number of rotatable bonds is 4. The summed E-state index contributed by atoms with van der Waals surface area (Å²) in [6, 6.07) is 1.95. The van der Waals surface area contributed by atoms with Gasteiger partial charge in [0.2, 0.25) is 11.7 Å². The number of halogens is 4. The standard InChI is InChI=1S/C14H12F4N2O3S/c1-6(2)20-9-4-8(7(15)3-10(9)24-13(20)23)19-12(22)5-11(21)14(16,17)18/h3-4,6H,5H2,1-2H3,(H,19,22). The molecule has 0 unspecified atom stereocenters. The largest absolute Gasteiger partial charge is 0.450 e. The van der Waals surface area contributed by atoms with Gasteiger partial charge < -0.3 is 5.32 Å². The average Bonchev–Trinajstić information content (AvgIpc) is 2.72. The Balaban J connectivity index is 2.34. The van der Waals surface area contributed by atoms with Crippen LogP contribution >= 0.6 is 11.3 Å². The van der Waals surface area contributed by atoms with Crippen LogP contribution in [-0.4, -0.2) is 22.4 Å². The fraction of sp³-hybridized carbons (Fsp3) is 0.357. The van der Waals surface area contributed by atoms with Crippen LogP contribution in [0.4, 0.5) is 23.2 Å². The minimum Gasteiger partial charge on any atom is -0.323 e. The summed E-state index contributed by atoms with van der Waals surface area (Å²) in [5, 5.41) is 1.94. The topological polar surface area (TPSA) is 68.2 Å². The molecular formula is C14H12F4N2O3S. The molecule has 0 saturated heterocycles. The van der Waals surface area contributed by atoms with E-state index in [4.69, 9.17) is 0 Å². The zero-order valence-electron chi connectivity index (χ0n) is 12.5. The number of hydrogen-bond acceptors (Lipinski definition) is 4. The van der Waals surface area contributed by atoms with E-state index in [2.05, 4.69) is 0 Å². The first-order chi connectivity index (χ1) is 11.0. The Labute approximate surface area is 136 Å². The molecule has 1 aromatic heterocycles. The number of nitrogens with one attached hydrogen (secondary N) is 1. The summed E-state index contributed by atoms with van der Waals surface area (Å²) in [7, 11) is 0. The zero-order chi connectivity index (χ0) is 18.2. The van der Waals surface area contributed by atoms with Gasteiger partial charge in [-0.2, -0.15) is 13.2 Å². The fourth-order valence-corrected chi connectivity index (χ4v) is 3.10. The Morgan fingerprint density at radius 3 is 2.46 bits per heavy atom. The molecule has 24 heavy (non-hydrogen) atoms. The van der Waals surface area contributed by atoms with Gasteiger partial charge in [0.15, 0.2) is 0 Å². The highest BCUT2D eigenvalue weighted by Crippen LogP contribution is 2.27. The van der Waals surface area contributed by atoms with Gasteiger partial charge in [-0.25, -0.2) is 4.39 Å². The lowest BCUT2D eigenvalue weighted by molar-refractivity contribution is -0.171. The van der Waals surface area contributed by atoms with Gasteiger partial charge in [-0.1, -0.05) is 11.3 Å². The predicted molar refractivity (Wildman–Crippen MR) is 80.7 cm³/mol. The van der Waals surface area contributed by atoms with Crippen LogP contribution < -0.4 is 10.2 Å². The molecule has 10 heteroatoms. The molecule has 0 fully saturated rings. The van der Waals surface area contributed by atoms with E-state index in [0.717, 1.165) is 17.4 Å². The molecule has 0 aliphatic rings. The van der Waals surface area contributed by atoms with Crippen molar-refractivity contribution in [3.63, 3.8) is 0 Å². The van der Waals surface area contributed by atoms with Gasteiger partial charge in [-0.15, -0.1) is 0 Å². The van der Waals surface area contributed by atoms with E-state index in [1.165, 1.54) is 10.6 Å². The quantitative estimate of drug-likeness (QED) is 0.669. The Morgan fingerprint density at radius 2 is 1.92 bits per heavy atom. The highest BCUT2D eigenvalue weighted by atomic mass is 32.1. The number of ketones is 1. The highest BCUT2D eigenvalue weighted by Gasteiger charge is 2.39. The SMILES string of the molecule is CC(C)n1c(=O)sc2cc(F)c(NC(=O)CC(=O)C(F)(F)F)cc21. The first kappa shape index (κ1) is 18.1. The number of amides is 1. The molecule has 0 radical (unpaired) electrons. The third-order valence-electron chi connectivity index (χ3n) is 3.13. The number of alkyl halides is 3. The molecule has 1 heterocycles. The molecule has 0 aliphatic heterocycles. The maximum absolute atomic E-state index is 14.0. The van der Waals surface area contributed by atoms with Crippen LogP contribution in [0.15, 0.2) is 16.9 Å². The van der Waals surface area contributed by atoms with Crippen molar-refractivity contribution in [2.75, 3.05) is 5.32 Å². The van der Waals surface area contributed by atoms with Gasteiger partial charge in [0.25, 0.3) is 0 Å². The van der Waals surface area contributed by atoms with E-state index < -0.39 is 35.8 Å². The summed E-state index contributed by atoms with van der Waals surface area (Å²) in [4.78, 5) is 33.9. The monoisotopic (exact) mass is 364 g/mol. The van der Waals surface area contributed by atoms with Gasteiger partial charge in [-0.3, -0.25) is 19.0 Å². The van der Waals surface area contributed by atoms with Crippen molar-refractivity contribution >= 4 is 38.9 Å². The Morgan fingerprint density at radius 1 is 1.29 bits per heavy atom. The van der Waals surface area contributed by atoms with E-state index in [-0.39, 0.29) is 10.9 Å². The van der Waals surface area contributed by atoms with Gasteiger partial charge in [0, 0.05) is 6.04 Å². The number of aromatic nitrogens is 1. The number of carbonyl (C=O) groups excluding carboxylic acids is 2. The third kappa shape index (κ3) is 3.64. The van der Waals surface area contributed by atoms with Crippen molar-refractivity contribution in [3.05, 3.63) is 27.6 Å². The number of benzene rings is 1. The summed E-state index contributed by atoms with van der Waals surface area (Å²) >= 11 is 0.815. The maximum Gasteiger partial charge on any atom is 0.450 e. The third-order valence-corrected chi connectivity index (χ3v) is 4.05. The minimum absolute atomic E-state index is 0.230. The number of fused-ring (bicyclic) bond motifs is 1. The summed E-state index contributed by atoms with van der Waals surface area (Å²) in [5.74, 6) is -4.42. The Hall–Kier alpha value is -2.23. The summed E-state index contributed by atoms with van der Waals surface area (Å²) in [6.45, 7) is 3.47. The van der Waals surface area contributed by atoms with Gasteiger partial charge in [0.1, 0.15) is 5.82 Å². The van der Waals surface area contributed by atoms with Crippen LogP contribution in [0, 0.1) is 5.82 Å². The molecule has 2 rings (SSSR count). The number of nitrogens with zero attached hydrogens (tertiary/aromatic N) is 1. The van der Waals surface area contributed by atoms with E-state index in [0.29, 0.717) is 10.2 Å². The highest BCUT2D eigenvalue weighted by molar-refractivity contribution is 7.16. The van der Waals surface area contributed by atoms with Crippen molar-refractivity contribution in [1.29, 1.82) is 0 Å². The molecule has 130 valence electrons. The molecule has 0 bridgehead atoms. The summed E-state index contributed by atoms with van der Waals surface area (Å²) in [5.41, 5.74) is -0.0477. The maximum atomic E-state index is 14.0. The molecule has 0 spiro atoms. The second-order valence-corrected chi connectivity index (χ2v) is 6.27. The van der Waals surface area contributed by atoms with Crippen molar-refractivity contribution in [2.24, 2.45) is 0 Å². The van der Waals surface area contributed by atoms with Crippen LogP contribution in [0.1, 0.15) is 26.3 Å². The number of anilines is 1. The lowest BCUT2D eigenvalue weighted by Gasteiger charge is -2.10. The van der Waals surface area contributed by atoms with Crippen LogP contribution in [-0.2, 0) is 9.59 Å². The first-order valence-corrected chi connectivity index (χ1v) is 7.56. The number of carbonyl (C=O) groups is 2. The Bertz CT molecular complexity index is 867. The Kier molecular flexibility index (Phi) is 4.79. The number of hydrogen-bond donors (Lipinski definition) is 1. The fourth-order valence-electron chi connectivity index (χ4n) is 2.08. The molecular weight excluding hydrogens is 352 g/mol. The smallest absolute Gasteiger partial charge is 0.323 e. The lowest BCUT2D eigenvalue weighted by Crippen LogP contribution is -2.28. The normalized spacial score (nSPS) is 12.0. The molecule has 2 aromatic rings. The summed E-state index contributed by atoms with van der Waals surface area (Å²) in [6.07, 6.45) is -6.58. The average molecular weight is 364 g/mol. The second-order valence-electron chi connectivity index (χ2n) is 5.28. The van der Waals surface area contributed by atoms with Crippen molar-refractivity contribution in [1.82, 2.24) is 4.57 Å². The van der Waals surface area contributed by atoms with Gasteiger partial charge in [-0.05, 0) is 26.0 Å². The molecule has 1 aromatic carbocycles. The van der Waals surface area contributed by atoms with Crippen LogP contribution in [0.3, 0.4) is 0 Å². The zero-order valence-corrected chi connectivity index (χ0v) is 13.3. The second kappa shape index (κ2) is 6.34. The first-order valence-electron chi connectivity index (χ1n) is 6.75. The van der Waals surface area contributed by atoms with Crippen LogP contribution in [0.25, 0.3) is 10.2 Å². The lowest BCUT2D eigenvalue weighted by atomic mass is 10.2. The minimum atomic E-state index is -5.13. The van der Waals surface area contributed by atoms with E-state index in [9.17, 15) is 31.9 Å². The van der Waals surface area contributed by atoms with Crippen molar-refractivity contribution < 1.29 is 27.2 Å². The predicted octanol–water partition coefficient (Wildman–Crippen LogP) is 3.24. The van der Waals surface area contributed by atoms with E-state index in [1.54, 1.807) is 13.8 Å². The summed E-state index contributed by atoms with van der Waals surface area (Å²) < 4.78 is 52.1. The molecule has 5 nitrogen and oxygen atoms in total. The van der Waals surface area contributed by atoms with Crippen molar-refractivity contribution in [3.8, 4) is 0 Å². The van der Waals surface area contributed by atoms with Crippen LogP contribution in [0.5, 0.6) is 0 Å². The molecule has 1 amide bonds. The van der Waals surface area contributed by atoms with Crippen molar-refractivity contribution in [2.45, 2.75) is 32.5 Å². The molecule has 0 aliphatic carbocycles.